The molecule has 1 aliphatic rings. The maximum atomic E-state index is 12.7. The Labute approximate surface area is 298 Å². The van der Waals surface area contributed by atoms with E-state index in [1.54, 1.807) is 6.08 Å². The molecule has 6 N–H and O–H groups in total. The van der Waals surface area contributed by atoms with Crippen LogP contribution in [0, 0.1) is 0 Å². The van der Waals surface area contributed by atoms with Crippen molar-refractivity contribution in [3.05, 3.63) is 36.5 Å². The third kappa shape index (κ3) is 22.8. The molecule has 0 aromatic rings. The van der Waals surface area contributed by atoms with Crippen molar-refractivity contribution in [1.82, 2.24) is 5.32 Å². The van der Waals surface area contributed by atoms with Crippen molar-refractivity contribution >= 4 is 5.91 Å². The van der Waals surface area contributed by atoms with Gasteiger partial charge in [-0.25, -0.2) is 0 Å². The lowest BCUT2D eigenvalue weighted by Gasteiger charge is -2.40. The summed E-state index contributed by atoms with van der Waals surface area (Å²) in [4.78, 5) is 12.7. The molecule has 1 fully saturated rings. The first kappa shape index (κ1) is 45.4. The molecule has 286 valence electrons. The zero-order valence-corrected chi connectivity index (χ0v) is 30.9. The molecule has 0 bridgehead atoms. The summed E-state index contributed by atoms with van der Waals surface area (Å²) < 4.78 is 11.1. The number of nitrogens with one attached hydrogen (secondary N) is 1. The minimum Gasteiger partial charge on any atom is -0.394 e. The lowest BCUT2D eigenvalue weighted by Crippen LogP contribution is -2.60. The Morgan fingerprint density at radius 3 is 1.71 bits per heavy atom. The van der Waals surface area contributed by atoms with Gasteiger partial charge in [-0.3, -0.25) is 4.79 Å². The van der Waals surface area contributed by atoms with Crippen LogP contribution in [0.4, 0.5) is 0 Å². The Bertz CT molecular complexity index is 863. The van der Waals surface area contributed by atoms with Crippen LogP contribution >= 0.6 is 0 Å². The average molecular weight is 696 g/mol. The molecule has 0 radical (unpaired) electrons. The van der Waals surface area contributed by atoms with E-state index in [2.05, 4.69) is 43.5 Å². The van der Waals surface area contributed by atoms with Gasteiger partial charge in [0.25, 0.3) is 0 Å². The molecule has 0 aliphatic carbocycles. The van der Waals surface area contributed by atoms with Crippen LogP contribution in [-0.2, 0) is 14.3 Å². The first-order chi connectivity index (χ1) is 23.8. The molecule has 9 heteroatoms. The number of aliphatic hydroxyl groups excluding tert-OH is 5. The van der Waals surface area contributed by atoms with Crippen molar-refractivity contribution in [3.8, 4) is 0 Å². The van der Waals surface area contributed by atoms with Gasteiger partial charge < -0.3 is 40.3 Å². The van der Waals surface area contributed by atoms with Crippen LogP contribution in [0.25, 0.3) is 0 Å². The monoisotopic (exact) mass is 696 g/mol. The molecule has 1 aliphatic heterocycles. The van der Waals surface area contributed by atoms with E-state index in [1.807, 2.05) is 6.08 Å². The van der Waals surface area contributed by atoms with Crippen molar-refractivity contribution < 1.29 is 39.8 Å². The number of unbranched alkanes of at least 4 members (excludes halogenated alkanes) is 17. The maximum absolute atomic E-state index is 12.7. The number of carbonyl (C=O) groups is 1. The summed E-state index contributed by atoms with van der Waals surface area (Å²) in [5, 5.41) is 53.7. The van der Waals surface area contributed by atoms with Gasteiger partial charge in [-0.2, -0.15) is 0 Å². The summed E-state index contributed by atoms with van der Waals surface area (Å²) in [6, 6.07) is -0.820. The van der Waals surface area contributed by atoms with Crippen molar-refractivity contribution in [2.75, 3.05) is 13.2 Å². The molecule has 0 aromatic heterocycles. The number of ether oxygens (including phenoxy) is 2. The quantitative estimate of drug-likeness (QED) is 0.0338. The Kier molecular flexibility index (Phi) is 28.9. The second-order valence-corrected chi connectivity index (χ2v) is 13.7. The lowest BCUT2D eigenvalue weighted by molar-refractivity contribution is -0.302. The third-order valence-corrected chi connectivity index (χ3v) is 9.20. The fourth-order valence-electron chi connectivity index (χ4n) is 5.95. The standard InChI is InChI=1S/C40H73NO8/c1-3-5-7-9-11-12-13-14-15-16-17-18-19-20-21-22-23-24-25-27-29-34(43)33(41-36(44)30-28-26-10-8-6-4-2)32-48-40-39(47)38(46)37(45)35(31-42)49-40/h18-19,22-23,27,29,33-35,37-40,42-43,45-47H,3-17,20-21,24-26,28,30-32H2,1-2H3,(H,41,44)/b19-18+,23-22+,29-27+. The lowest BCUT2D eigenvalue weighted by atomic mass is 9.99. The minimum absolute atomic E-state index is 0.203. The van der Waals surface area contributed by atoms with Crippen LogP contribution < -0.4 is 5.32 Å². The van der Waals surface area contributed by atoms with Crippen LogP contribution in [0.15, 0.2) is 36.5 Å². The molecule has 49 heavy (non-hydrogen) atoms. The molecule has 0 spiro atoms. The number of hydrogen-bond acceptors (Lipinski definition) is 8. The number of aliphatic hydroxyl groups is 5. The van der Waals surface area contributed by atoms with Gasteiger partial charge in [0.05, 0.1) is 25.4 Å². The van der Waals surface area contributed by atoms with Crippen molar-refractivity contribution in [2.24, 2.45) is 0 Å². The molecule has 7 unspecified atom stereocenters. The molecule has 0 aromatic carbocycles. The summed E-state index contributed by atoms with van der Waals surface area (Å²) in [5.74, 6) is -0.203. The van der Waals surface area contributed by atoms with Crippen LogP contribution in [0.3, 0.4) is 0 Å². The molecular formula is C40H73NO8. The van der Waals surface area contributed by atoms with Crippen LogP contribution in [0.1, 0.15) is 155 Å². The van der Waals surface area contributed by atoms with E-state index < -0.39 is 49.5 Å². The Morgan fingerprint density at radius 2 is 1.16 bits per heavy atom. The minimum atomic E-state index is -1.57. The highest BCUT2D eigenvalue weighted by Crippen LogP contribution is 2.22. The van der Waals surface area contributed by atoms with E-state index in [1.165, 1.54) is 77.0 Å². The second-order valence-electron chi connectivity index (χ2n) is 13.7. The highest BCUT2D eigenvalue weighted by molar-refractivity contribution is 5.76. The van der Waals surface area contributed by atoms with E-state index in [4.69, 9.17) is 9.47 Å². The number of allylic oxidation sites excluding steroid dienone is 5. The average Bonchev–Trinajstić information content (AvgIpc) is 3.10. The summed E-state index contributed by atoms with van der Waals surface area (Å²) in [5.41, 5.74) is 0. The van der Waals surface area contributed by atoms with E-state index in [0.29, 0.717) is 6.42 Å². The van der Waals surface area contributed by atoms with Gasteiger partial charge in [0.1, 0.15) is 24.4 Å². The highest BCUT2D eigenvalue weighted by Gasteiger charge is 2.44. The van der Waals surface area contributed by atoms with Crippen LogP contribution in [0.2, 0.25) is 0 Å². The number of amides is 1. The fraction of sp³-hybridized carbons (Fsp3) is 0.825. The van der Waals surface area contributed by atoms with Gasteiger partial charge in [-0.15, -0.1) is 0 Å². The molecule has 1 heterocycles. The van der Waals surface area contributed by atoms with Gasteiger partial charge in [0, 0.05) is 6.42 Å². The number of hydrogen-bond donors (Lipinski definition) is 6. The summed E-state index contributed by atoms with van der Waals surface area (Å²) >= 11 is 0. The predicted octanol–water partition coefficient (Wildman–Crippen LogP) is 6.94. The first-order valence-electron chi connectivity index (χ1n) is 19.7. The Hall–Kier alpha value is -1.59. The van der Waals surface area contributed by atoms with E-state index >= 15 is 0 Å². The molecule has 7 atom stereocenters. The van der Waals surface area contributed by atoms with Gasteiger partial charge in [0.15, 0.2) is 6.29 Å². The predicted molar refractivity (Wildman–Crippen MR) is 198 cm³/mol. The zero-order chi connectivity index (χ0) is 36.0. The molecule has 0 saturated carbocycles. The normalized spacial score (nSPS) is 22.8. The number of rotatable bonds is 31. The molecule has 1 rings (SSSR count). The Balaban J connectivity index is 2.39. The van der Waals surface area contributed by atoms with Gasteiger partial charge in [-0.05, 0) is 44.9 Å². The second kappa shape index (κ2) is 31.2. The highest BCUT2D eigenvalue weighted by atomic mass is 16.7. The van der Waals surface area contributed by atoms with Crippen LogP contribution in [-0.4, -0.2) is 87.5 Å². The van der Waals surface area contributed by atoms with Crippen molar-refractivity contribution in [2.45, 2.75) is 198 Å². The SMILES string of the molecule is CCCCCCCCCCCC/C=C/CC/C=C/CC/C=C/C(O)C(COC1OC(CO)C(O)C(O)C1O)NC(=O)CCCCCCCC. The largest absolute Gasteiger partial charge is 0.394 e. The summed E-state index contributed by atoms with van der Waals surface area (Å²) in [6.45, 7) is 3.65. The van der Waals surface area contributed by atoms with E-state index in [0.717, 1.165) is 57.8 Å². The van der Waals surface area contributed by atoms with Gasteiger partial charge in [-0.1, -0.05) is 140 Å². The maximum Gasteiger partial charge on any atom is 0.220 e. The van der Waals surface area contributed by atoms with Crippen molar-refractivity contribution in [3.63, 3.8) is 0 Å². The van der Waals surface area contributed by atoms with Crippen LogP contribution in [0.5, 0.6) is 0 Å². The molecule has 1 amide bonds. The molecule has 9 nitrogen and oxygen atoms in total. The summed E-state index contributed by atoms with van der Waals surface area (Å²) in [6.07, 6.45) is 29.4. The summed E-state index contributed by atoms with van der Waals surface area (Å²) in [7, 11) is 0. The first-order valence-corrected chi connectivity index (χ1v) is 19.7. The van der Waals surface area contributed by atoms with Gasteiger partial charge >= 0.3 is 0 Å². The van der Waals surface area contributed by atoms with E-state index in [-0.39, 0.29) is 12.5 Å². The van der Waals surface area contributed by atoms with E-state index in [9.17, 15) is 30.3 Å². The fourth-order valence-corrected chi connectivity index (χ4v) is 5.95. The number of carbonyl (C=O) groups excluding carboxylic acids is 1. The zero-order valence-electron chi connectivity index (χ0n) is 30.9. The van der Waals surface area contributed by atoms with Gasteiger partial charge in [0.2, 0.25) is 5.91 Å². The smallest absolute Gasteiger partial charge is 0.220 e. The molecule has 1 saturated heterocycles. The molecular weight excluding hydrogens is 622 g/mol. The Morgan fingerprint density at radius 1 is 0.673 bits per heavy atom. The van der Waals surface area contributed by atoms with Crippen molar-refractivity contribution in [1.29, 1.82) is 0 Å². The topological polar surface area (TPSA) is 149 Å². The third-order valence-electron chi connectivity index (χ3n) is 9.20.